The summed E-state index contributed by atoms with van der Waals surface area (Å²) in [7, 11) is 1.67. The fourth-order valence-corrected chi connectivity index (χ4v) is 1.66. The molecule has 1 rings (SSSR count). The van der Waals surface area contributed by atoms with Gasteiger partial charge in [-0.3, -0.25) is 0 Å². The summed E-state index contributed by atoms with van der Waals surface area (Å²) in [4.78, 5) is 24.1. The van der Waals surface area contributed by atoms with Gasteiger partial charge in [0.2, 0.25) is 0 Å². The van der Waals surface area contributed by atoms with Crippen LogP contribution in [0.5, 0.6) is 0 Å². The third-order valence-electron chi connectivity index (χ3n) is 2.67. The van der Waals surface area contributed by atoms with Gasteiger partial charge in [0.05, 0.1) is 5.56 Å². The van der Waals surface area contributed by atoms with Crippen molar-refractivity contribution in [2.24, 2.45) is 0 Å². The predicted octanol–water partition coefficient (Wildman–Crippen LogP) is 1.75. The van der Waals surface area contributed by atoms with Gasteiger partial charge < -0.3 is 15.3 Å². The Morgan fingerprint density at radius 3 is 2.74 bits per heavy atom. The number of amides is 2. The second-order valence-corrected chi connectivity index (χ2v) is 4.11. The number of carboxylic acids is 1. The SMILES string of the molecule is C=CCN(C)C(=O)NCCc1ccccc1C(=O)O. The molecular formula is C14H18N2O3. The van der Waals surface area contributed by atoms with E-state index in [1.54, 1.807) is 37.4 Å². The summed E-state index contributed by atoms with van der Waals surface area (Å²) in [6, 6.07) is 6.58. The quantitative estimate of drug-likeness (QED) is 0.767. The molecule has 0 unspecified atom stereocenters. The zero-order valence-electron chi connectivity index (χ0n) is 10.9. The highest BCUT2D eigenvalue weighted by atomic mass is 16.4. The molecule has 19 heavy (non-hydrogen) atoms. The molecule has 0 radical (unpaired) electrons. The van der Waals surface area contributed by atoms with Crippen LogP contribution in [0.3, 0.4) is 0 Å². The molecule has 0 spiro atoms. The molecule has 5 heteroatoms. The number of urea groups is 1. The minimum Gasteiger partial charge on any atom is -0.478 e. The third kappa shape index (κ3) is 4.46. The topological polar surface area (TPSA) is 69.6 Å². The molecule has 0 aromatic heterocycles. The van der Waals surface area contributed by atoms with Crippen LogP contribution in [0.15, 0.2) is 36.9 Å². The van der Waals surface area contributed by atoms with E-state index in [9.17, 15) is 9.59 Å². The van der Waals surface area contributed by atoms with Crippen LogP contribution >= 0.6 is 0 Å². The van der Waals surface area contributed by atoms with Gasteiger partial charge in [-0.15, -0.1) is 6.58 Å². The first-order valence-electron chi connectivity index (χ1n) is 5.97. The van der Waals surface area contributed by atoms with Gasteiger partial charge >= 0.3 is 12.0 Å². The molecule has 0 atom stereocenters. The van der Waals surface area contributed by atoms with Gasteiger partial charge in [-0.2, -0.15) is 0 Å². The molecule has 0 fully saturated rings. The molecule has 2 amide bonds. The summed E-state index contributed by atoms with van der Waals surface area (Å²) in [5.41, 5.74) is 0.984. The fourth-order valence-electron chi connectivity index (χ4n) is 1.66. The Labute approximate surface area is 112 Å². The molecule has 102 valence electrons. The van der Waals surface area contributed by atoms with E-state index in [4.69, 9.17) is 5.11 Å². The molecule has 0 heterocycles. The van der Waals surface area contributed by atoms with Crippen molar-refractivity contribution in [3.63, 3.8) is 0 Å². The number of nitrogens with zero attached hydrogens (tertiary/aromatic N) is 1. The lowest BCUT2D eigenvalue weighted by atomic mass is 10.0. The van der Waals surface area contributed by atoms with Crippen molar-refractivity contribution in [2.45, 2.75) is 6.42 Å². The molecule has 0 aliphatic carbocycles. The maximum absolute atomic E-state index is 11.6. The van der Waals surface area contributed by atoms with Gasteiger partial charge in [0.15, 0.2) is 0 Å². The van der Waals surface area contributed by atoms with Crippen molar-refractivity contribution in [1.82, 2.24) is 10.2 Å². The number of nitrogens with one attached hydrogen (secondary N) is 1. The summed E-state index contributed by atoms with van der Waals surface area (Å²) in [5, 5.41) is 11.8. The monoisotopic (exact) mass is 262 g/mol. The number of aromatic carboxylic acids is 1. The average Bonchev–Trinajstić information content (AvgIpc) is 2.39. The number of hydrogen-bond donors (Lipinski definition) is 2. The van der Waals surface area contributed by atoms with Crippen LogP contribution in [0.25, 0.3) is 0 Å². The van der Waals surface area contributed by atoms with Crippen molar-refractivity contribution < 1.29 is 14.7 Å². The summed E-state index contributed by atoms with van der Waals surface area (Å²) in [5.74, 6) is -0.953. The third-order valence-corrected chi connectivity index (χ3v) is 2.67. The Balaban J connectivity index is 2.52. The van der Waals surface area contributed by atoms with Crippen LogP contribution in [0, 0.1) is 0 Å². The van der Waals surface area contributed by atoms with Crippen molar-refractivity contribution >= 4 is 12.0 Å². The molecule has 0 bridgehead atoms. The van der Waals surface area contributed by atoms with Gasteiger partial charge in [0.1, 0.15) is 0 Å². The highest BCUT2D eigenvalue weighted by Gasteiger charge is 2.10. The van der Waals surface area contributed by atoms with Crippen LogP contribution in [0.4, 0.5) is 4.79 Å². The second kappa shape index (κ2) is 7.20. The normalized spacial score (nSPS) is 9.74. The predicted molar refractivity (Wildman–Crippen MR) is 73.3 cm³/mol. The van der Waals surface area contributed by atoms with Gasteiger partial charge in [0.25, 0.3) is 0 Å². The zero-order valence-corrected chi connectivity index (χ0v) is 10.9. The highest BCUT2D eigenvalue weighted by molar-refractivity contribution is 5.89. The van der Waals surface area contributed by atoms with Crippen LogP contribution < -0.4 is 5.32 Å². The molecule has 1 aromatic carbocycles. The molecule has 1 aromatic rings. The second-order valence-electron chi connectivity index (χ2n) is 4.11. The van der Waals surface area contributed by atoms with Crippen molar-refractivity contribution in [3.05, 3.63) is 48.0 Å². The fraction of sp³-hybridized carbons (Fsp3) is 0.286. The maximum Gasteiger partial charge on any atom is 0.335 e. The van der Waals surface area contributed by atoms with E-state index in [2.05, 4.69) is 11.9 Å². The molecule has 0 aliphatic heterocycles. The van der Waals surface area contributed by atoms with E-state index >= 15 is 0 Å². The summed E-state index contributed by atoms with van der Waals surface area (Å²) < 4.78 is 0. The van der Waals surface area contributed by atoms with E-state index in [-0.39, 0.29) is 11.6 Å². The van der Waals surface area contributed by atoms with Gasteiger partial charge in [-0.05, 0) is 18.1 Å². The smallest absolute Gasteiger partial charge is 0.335 e. The van der Waals surface area contributed by atoms with E-state index in [1.807, 2.05) is 0 Å². The summed E-state index contributed by atoms with van der Waals surface area (Å²) in [6.07, 6.45) is 2.12. The highest BCUT2D eigenvalue weighted by Crippen LogP contribution is 2.08. The van der Waals surface area contributed by atoms with Gasteiger partial charge in [-0.1, -0.05) is 24.3 Å². The number of carbonyl (C=O) groups is 2. The van der Waals surface area contributed by atoms with Crippen LogP contribution in [-0.4, -0.2) is 42.1 Å². The lowest BCUT2D eigenvalue weighted by Gasteiger charge is -2.16. The number of carbonyl (C=O) groups excluding carboxylic acids is 1. The standard InChI is InChI=1S/C14H18N2O3/c1-3-10-16(2)14(19)15-9-8-11-6-4-5-7-12(11)13(17)18/h3-7H,1,8-10H2,2H3,(H,15,19)(H,17,18). The van der Waals surface area contributed by atoms with Crippen molar-refractivity contribution in [1.29, 1.82) is 0 Å². The molecule has 0 aliphatic rings. The van der Waals surface area contributed by atoms with E-state index in [1.165, 1.54) is 4.90 Å². The van der Waals surface area contributed by atoms with Crippen molar-refractivity contribution in [3.8, 4) is 0 Å². The first-order valence-corrected chi connectivity index (χ1v) is 5.97. The Kier molecular flexibility index (Phi) is 5.60. The minimum absolute atomic E-state index is 0.201. The van der Waals surface area contributed by atoms with E-state index < -0.39 is 5.97 Å². The molecule has 0 saturated heterocycles. The first kappa shape index (κ1) is 14.8. The summed E-state index contributed by atoms with van der Waals surface area (Å²) in [6.45, 7) is 4.42. The average molecular weight is 262 g/mol. The molecule has 5 nitrogen and oxygen atoms in total. The number of likely N-dealkylation sites (N-methyl/N-ethyl adjacent to an activating group) is 1. The Hall–Kier alpha value is -2.30. The largest absolute Gasteiger partial charge is 0.478 e. The lowest BCUT2D eigenvalue weighted by Crippen LogP contribution is -2.38. The molecule has 2 N–H and O–H groups in total. The van der Waals surface area contributed by atoms with Crippen LogP contribution in [0.1, 0.15) is 15.9 Å². The number of benzene rings is 1. The first-order chi connectivity index (χ1) is 9.06. The minimum atomic E-state index is -0.953. The number of hydrogen-bond acceptors (Lipinski definition) is 2. The lowest BCUT2D eigenvalue weighted by molar-refractivity contribution is 0.0695. The number of carboxylic acid groups (broad SMARTS) is 1. The zero-order chi connectivity index (χ0) is 14.3. The van der Waals surface area contributed by atoms with Crippen LogP contribution in [-0.2, 0) is 6.42 Å². The Morgan fingerprint density at radius 2 is 2.11 bits per heavy atom. The number of rotatable bonds is 6. The van der Waals surface area contributed by atoms with Gasteiger partial charge in [-0.25, -0.2) is 9.59 Å². The maximum atomic E-state index is 11.6. The van der Waals surface area contributed by atoms with Crippen LogP contribution in [0.2, 0.25) is 0 Å². The summed E-state index contributed by atoms with van der Waals surface area (Å²) >= 11 is 0. The molecular weight excluding hydrogens is 244 g/mol. The Morgan fingerprint density at radius 1 is 1.42 bits per heavy atom. The molecule has 0 saturated carbocycles. The van der Waals surface area contributed by atoms with E-state index in [0.717, 1.165) is 0 Å². The Bertz CT molecular complexity index is 472. The van der Waals surface area contributed by atoms with Crippen molar-refractivity contribution in [2.75, 3.05) is 20.1 Å². The van der Waals surface area contributed by atoms with E-state index in [0.29, 0.717) is 25.1 Å². The van der Waals surface area contributed by atoms with Gasteiger partial charge in [0, 0.05) is 20.1 Å².